The number of halogens is 3. The van der Waals surface area contributed by atoms with Crippen LogP contribution in [0.25, 0.3) is 0 Å². The van der Waals surface area contributed by atoms with Crippen LogP contribution in [0.15, 0.2) is 4.99 Å². The van der Waals surface area contributed by atoms with E-state index in [1.54, 1.807) is 0 Å². The smallest absolute Gasteiger partial charge is 0.370 e. The number of piperidine rings is 1. The molecule has 0 aromatic rings. The molecule has 1 aliphatic carbocycles. The zero-order valence-corrected chi connectivity index (χ0v) is 12.1. The van der Waals surface area contributed by atoms with Crippen LogP contribution in [-0.4, -0.2) is 60.2 Å². The number of nitrogens with two attached hydrogens (primary N) is 1. The molecule has 0 aromatic carbocycles. The molecule has 7 heteroatoms. The lowest BCUT2D eigenvalue weighted by molar-refractivity contribution is -0.187. The molecule has 0 amide bonds. The number of hydrogen-bond donors (Lipinski definition) is 1. The Bertz CT molecular complexity index is 392. The van der Waals surface area contributed by atoms with Gasteiger partial charge in [-0.1, -0.05) is 0 Å². The third-order valence-electron chi connectivity index (χ3n) is 5.09. The molecule has 2 aliphatic heterocycles. The summed E-state index contributed by atoms with van der Waals surface area (Å²) >= 11 is 0. The van der Waals surface area contributed by atoms with Gasteiger partial charge in [-0.2, -0.15) is 13.2 Å². The van der Waals surface area contributed by atoms with Crippen molar-refractivity contribution in [3.63, 3.8) is 0 Å². The molecule has 21 heavy (non-hydrogen) atoms. The van der Waals surface area contributed by atoms with Gasteiger partial charge in [-0.15, -0.1) is 0 Å². The maximum atomic E-state index is 12.6. The second kappa shape index (κ2) is 5.66. The molecule has 3 aliphatic rings. The molecule has 120 valence electrons. The van der Waals surface area contributed by atoms with Gasteiger partial charge in [0.2, 0.25) is 0 Å². The average Bonchev–Trinajstić information content (AvgIpc) is 2.30. The van der Waals surface area contributed by atoms with E-state index in [9.17, 15) is 13.2 Å². The molecule has 4 nitrogen and oxygen atoms in total. The molecule has 1 saturated carbocycles. The number of aliphatic imine (C=N–C) groups is 1. The third kappa shape index (κ3) is 3.27. The van der Waals surface area contributed by atoms with Crippen molar-refractivity contribution in [1.29, 1.82) is 0 Å². The zero-order chi connectivity index (χ0) is 15.0. The Labute approximate surface area is 123 Å². The van der Waals surface area contributed by atoms with Gasteiger partial charge in [-0.3, -0.25) is 0 Å². The van der Waals surface area contributed by atoms with Gasteiger partial charge in [0, 0.05) is 19.1 Å². The minimum Gasteiger partial charge on any atom is -0.370 e. The highest BCUT2D eigenvalue weighted by atomic mass is 19.4. The summed E-state index contributed by atoms with van der Waals surface area (Å²) in [5.41, 5.74) is 5.92. The Morgan fingerprint density at radius 3 is 2.14 bits per heavy atom. The summed E-state index contributed by atoms with van der Waals surface area (Å²) in [6, 6.07) is 0.660. The van der Waals surface area contributed by atoms with Gasteiger partial charge in [-0.05, 0) is 45.2 Å². The van der Waals surface area contributed by atoms with Gasteiger partial charge in [0.1, 0.15) is 0 Å². The summed E-state index contributed by atoms with van der Waals surface area (Å²) in [7, 11) is 0. The number of alkyl halides is 3. The first kappa shape index (κ1) is 14.9. The monoisotopic (exact) mass is 304 g/mol. The van der Waals surface area contributed by atoms with E-state index in [1.807, 2.05) is 0 Å². The lowest BCUT2D eigenvalue weighted by atomic mass is 9.83. The zero-order valence-electron chi connectivity index (χ0n) is 12.1. The topological polar surface area (TPSA) is 44.9 Å². The molecule has 2 heterocycles. The van der Waals surface area contributed by atoms with Crippen LogP contribution in [0.5, 0.6) is 0 Å². The van der Waals surface area contributed by atoms with Crippen LogP contribution in [-0.2, 0) is 0 Å². The van der Waals surface area contributed by atoms with Crippen LogP contribution in [0.4, 0.5) is 13.2 Å². The molecule has 0 atom stereocenters. The first-order valence-electron chi connectivity index (χ1n) is 7.82. The highest BCUT2D eigenvalue weighted by Gasteiger charge is 2.43. The van der Waals surface area contributed by atoms with E-state index < -0.39 is 12.1 Å². The summed E-state index contributed by atoms with van der Waals surface area (Å²) in [5, 5.41) is 0. The summed E-state index contributed by atoms with van der Waals surface area (Å²) in [4.78, 5) is 8.79. The fraction of sp³-hybridized carbons (Fsp3) is 0.929. The Morgan fingerprint density at radius 2 is 1.67 bits per heavy atom. The molecule has 0 spiro atoms. The van der Waals surface area contributed by atoms with E-state index in [4.69, 9.17) is 5.73 Å². The molecule has 3 fully saturated rings. The van der Waals surface area contributed by atoms with Gasteiger partial charge < -0.3 is 15.5 Å². The van der Waals surface area contributed by atoms with Gasteiger partial charge in [0.15, 0.2) is 5.96 Å². The Morgan fingerprint density at radius 1 is 1.05 bits per heavy atom. The molecular weight excluding hydrogens is 281 g/mol. The first-order valence-corrected chi connectivity index (χ1v) is 7.82. The molecule has 0 radical (unpaired) electrons. The Balaban J connectivity index is 1.41. The molecule has 0 unspecified atom stereocenters. The van der Waals surface area contributed by atoms with Crippen molar-refractivity contribution >= 4 is 5.96 Å². The van der Waals surface area contributed by atoms with Crippen LogP contribution in [0.1, 0.15) is 32.1 Å². The number of hydrogen-bond acceptors (Lipinski definition) is 2. The Hall–Kier alpha value is -0.980. The Kier molecular flexibility index (Phi) is 4.03. The summed E-state index contributed by atoms with van der Waals surface area (Å²) in [6.07, 6.45) is -0.494. The molecular formula is C14H23F3N4. The highest BCUT2D eigenvalue weighted by molar-refractivity contribution is 5.79. The summed E-state index contributed by atoms with van der Waals surface area (Å²) in [6.45, 7) is 3.12. The molecule has 0 aromatic heterocycles. The predicted octanol–water partition coefficient (Wildman–Crippen LogP) is 1.81. The van der Waals surface area contributed by atoms with E-state index in [0.717, 1.165) is 25.9 Å². The quantitative estimate of drug-likeness (QED) is 0.625. The van der Waals surface area contributed by atoms with E-state index in [0.29, 0.717) is 25.1 Å². The average molecular weight is 304 g/mol. The van der Waals surface area contributed by atoms with Crippen molar-refractivity contribution in [2.75, 3.05) is 26.2 Å². The molecule has 2 saturated heterocycles. The number of guanidine groups is 1. The maximum absolute atomic E-state index is 12.6. The van der Waals surface area contributed by atoms with Gasteiger partial charge in [0.05, 0.1) is 12.0 Å². The van der Waals surface area contributed by atoms with E-state index >= 15 is 0 Å². The number of nitrogens with zero attached hydrogens (tertiary/aromatic N) is 3. The van der Waals surface area contributed by atoms with Gasteiger partial charge in [-0.25, -0.2) is 4.99 Å². The standard InChI is InChI=1S/C14H23F3N4/c15-14(16,17)10-2-6-20(7-3-10)12-8-11(9-12)19-13(18)21-4-1-5-21/h10-12H,1-9H2,(H2,18,19). The predicted molar refractivity (Wildman–Crippen MR) is 75.0 cm³/mol. The molecule has 0 bridgehead atoms. The largest absolute Gasteiger partial charge is 0.391 e. The van der Waals surface area contributed by atoms with Crippen molar-refractivity contribution in [3.8, 4) is 0 Å². The van der Waals surface area contributed by atoms with Gasteiger partial charge >= 0.3 is 6.18 Å². The fourth-order valence-electron chi connectivity index (χ4n) is 3.37. The minimum absolute atomic E-state index is 0.240. The molecule has 2 N–H and O–H groups in total. The van der Waals surface area contributed by atoms with Crippen LogP contribution in [0.2, 0.25) is 0 Å². The second-order valence-electron chi connectivity index (χ2n) is 6.46. The normalized spacial score (nSPS) is 32.7. The molecule has 3 rings (SSSR count). The minimum atomic E-state index is -4.02. The first-order chi connectivity index (χ1) is 9.93. The SMILES string of the molecule is NC(=NC1CC(N2CCC(C(F)(F)F)CC2)C1)N1CCC1. The van der Waals surface area contributed by atoms with Crippen molar-refractivity contribution in [3.05, 3.63) is 0 Å². The van der Waals surface area contributed by atoms with Crippen molar-refractivity contribution in [2.45, 2.75) is 50.4 Å². The summed E-state index contributed by atoms with van der Waals surface area (Å²) in [5.74, 6) is -0.467. The van der Waals surface area contributed by atoms with E-state index in [-0.39, 0.29) is 18.9 Å². The second-order valence-corrected chi connectivity index (χ2v) is 6.46. The van der Waals surface area contributed by atoms with Gasteiger partial charge in [0.25, 0.3) is 0 Å². The van der Waals surface area contributed by atoms with Crippen molar-refractivity contribution < 1.29 is 13.2 Å². The third-order valence-corrected chi connectivity index (χ3v) is 5.09. The van der Waals surface area contributed by atoms with E-state index in [1.165, 1.54) is 6.42 Å². The van der Waals surface area contributed by atoms with Crippen molar-refractivity contribution in [1.82, 2.24) is 9.80 Å². The fourth-order valence-corrected chi connectivity index (χ4v) is 3.37. The van der Waals surface area contributed by atoms with Crippen LogP contribution < -0.4 is 5.73 Å². The van der Waals surface area contributed by atoms with Crippen LogP contribution in [0.3, 0.4) is 0 Å². The lowest BCUT2D eigenvalue weighted by Gasteiger charge is -2.45. The summed E-state index contributed by atoms with van der Waals surface area (Å²) < 4.78 is 37.9. The van der Waals surface area contributed by atoms with Crippen LogP contribution in [0, 0.1) is 5.92 Å². The lowest BCUT2D eigenvalue weighted by Crippen LogP contribution is -2.52. The highest BCUT2D eigenvalue weighted by Crippen LogP contribution is 2.37. The number of likely N-dealkylation sites (tertiary alicyclic amines) is 2. The van der Waals surface area contributed by atoms with Crippen LogP contribution >= 0.6 is 0 Å². The van der Waals surface area contributed by atoms with Crippen molar-refractivity contribution in [2.24, 2.45) is 16.6 Å². The van der Waals surface area contributed by atoms with E-state index in [2.05, 4.69) is 14.8 Å². The number of rotatable bonds is 2. The maximum Gasteiger partial charge on any atom is 0.391 e.